The molecule has 2 rings (SSSR count). The van der Waals surface area contributed by atoms with Crippen LogP contribution in [0.5, 0.6) is 0 Å². The normalized spacial score (nSPS) is 31.0. The predicted molar refractivity (Wildman–Crippen MR) is 82.5 cm³/mol. The van der Waals surface area contributed by atoms with Crippen molar-refractivity contribution in [2.45, 2.75) is 52.0 Å². The summed E-state index contributed by atoms with van der Waals surface area (Å²) in [6.07, 6.45) is 5.00. The first kappa shape index (κ1) is 16.3. The van der Waals surface area contributed by atoms with Crippen LogP contribution in [-0.2, 0) is 9.59 Å². The highest BCUT2D eigenvalue weighted by atomic mass is 16.2. The Morgan fingerprint density at radius 2 is 1.86 bits per heavy atom. The zero-order chi connectivity index (χ0) is 15.4. The molecule has 1 saturated carbocycles. The zero-order valence-electron chi connectivity index (χ0n) is 13.3. The zero-order valence-corrected chi connectivity index (χ0v) is 13.3. The Morgan fingerprint density at radius 1 is 1.19 bits per heavy atom. The average Bonchev–Trinajstić information content (AvgIpc) is 2.47. The lowest BCUT2D eigenvalue weighted by Crippen LogP contribution is -2.49. The van der Waals surface area contributed by atoms with Gasteiger partial charge in [-0.05, 0) is 43.9 Å². The van der Waals surface area contributed by atoms with Crippen LogP contribution in [0.4, 0.5) is 0 Å². The molecular weight excluding hydrogens is 266 g/mol. The van der Waals surface area contributed by atoms with E-state index in [0.29, 0.717) is 11.8 Å². The molecule has 3 N–H and O–H groups in total. The fraction of sp³-hybridized carbons (Fsp3) is 0.875. The number of nitrogens with one attached hydrogen (secondary N) is 1. The Morgan fingerprint density at radius 3 is 2.48 bits per heavy atom. The van der Waals surface area contributed by atoms with Crippen LogP contribution >= 0.6 is 0 Å². The molecule has 2 fully saturated rings. The number of piperidine rings is 1. The summed E-state index contributed by atoms with van der Waals surface area (Å²) in [4.78, 5) is 25.6. The Labute approximate surface area is 127 Å². The standard InChI is InChI=1S/C16H29N3O2/c1-11-3-4-15(17)14(9-11)16(21)19-7-5-13(6-8-19)10-18-12(2)20/h11,13-15H,3-10,17H2,1-2H3,(H,18,20). The van der Waals surface area contributed by atoms with E-state index in [0.717, 1.165) is 51.7 Å². The molecule has 1 heterocycles. The lowest BCUT2D eigenvalue weighted by atomic mass is 9.78. The third-order valence-electron chi connectivity index (χ3n) is 5.05. The molecule has 0 aromatic carbocycles. The number of carbonyl (C=O) groups excluding carboxylic acids is 2. The fourth-order valence-electron chi connectivity index (χ4n) is 3.57. The minimum absolute atomic E-state index is 0.0145. The predicted octanol–water partition coefficient (Wildman–Crippen LogP) is 1.12. The Bertz CT molecular complexity index is 378. The van der Waals surface area contributed by atoms with Crippen LogP contribution in [0.15, 0.2) is 0 Å². The van der Waals surface area contributed by atoms with E-state index in [-0.39, 0.29) is 23.8 Å². The third-order valence-corrected chi connectivity index (χ3v) is 5.05. The van der Waals surface area contributed by atoms with Crippen LogP contribution in [0.1, 0.15) is 46.0 Å². The molecule has 120 valence electrons. The van der Waals surface area contributed by atoms with Gasteiger partial charge in [0.05, 0.1) is 5.92 Å². The van der Waals surface area contributed by atoms with E-state index in [2.05, 4.69) is 12.2 Å². The second-order valence-electron chi connectivity index (χ2n) is 6.89. The van der Waals surface area contributed by atoms with Gasteiger partial charge in [-0.15, -0.1) is 0 Å². The van der Waals surface area contributed by atoms with Gasteiger partial charge in [-0.25, -0.2) is 0 Å². The van der Waals surface area contributed by atoms with E-state index < -0.39 is 0 Å². The van der Waals surface area contributed by atoms with Gasteiger partial charge in [-0.3, -0.25) is 9.59 Å². The van der Waals surface area contributed by atoms with E-state index in [1.165, 1.54) is 0 Å². The van der Waals surface area contributed by atoms with Crippen molar-refractivity contribution >= 4 is 11.8 Å². The van der Waals surface area contributed by atoms with E-state index in [4.69, 9.17) is 5.73 Å². The highest BCUT2D eigenvalue weighted by Gasteiger charge is 2.35. The number of hydrogen-bond donors (Lipinski definition) is 2. The lowest BCUT2D eigenvalue weighted by Gasteiger charge is -2.38. The van der Waals surface area contributed by atoms with Crippen molar-refractivity contribution in [1.82, 2.24) is 10.2 Å². The van der Waals surface area contributed by atoms with Crippen molar-refractivity contribution in [3.05, 3.63) is 0 Å². The quantitative estimate of drug-likeness (QED) is 0.819. The van der Waals surface area contributed by atoms with Crippen LogP contribution in [0.3, 0.4) is 0 Å². The lowest BCUT2D eigenvalue weighted by molar-refractivity contribution is -0.139. The number of hydrogen-bond acceptors (Lipinski definition) is 3. The summed E-state index contributed by atoms with van der Waals surface area (Å²) in [7, 11) is 0. The molecule has 2 amide bonds. The molecule has 5 nitrogen and oxygen atoms in total. The molecule has 21 heavy (non-hydrogen) atoms. The van der Waals surface area contributed by atoms with Gasteiger partial charge in [0, 0.05) is 32.6 Å². The van der Waals surface area contributed by atoms with Crippen molar-refractivity contribution in [3.8, 4) is 0 Å². The molecule has 3 unspecified atom stereocenters. The molecule has 0 bridgehead atoms. The molecule has 1 aliphatic heterocycles. The first-order chi connectivity index (χ1) is 9.97. The number of carbonyl (C=O) groups is 2. The number of likely N-dealkylation sites (tertiary alicyclic amines) is 1. The van der Waals surface area contributed by atoms with Gasteiger partial charge in [0.2, 0.25) is 11.8 Å². The van der Waals surface area contributed by atoms with Crippen LogP contribution < -0.4 is 11.1 Å². The van der Waals surface area contributed by atoms with Crippen molar-refractivity contribution in [2.24, 2.45) is 23.5 Å². The molecule has 1 saturated heterocycles. The molecule has 0 aromatic heterocycles. The molecule has 0 aromatic rings. The van der Waals surface area contributed by atoms with E-state index in [1.807, 2.05) is 4.90 Å². The van der Waals surface area contributed by atoms with E-state index in [1.54, 1.807) is 6.92 Å². The third kappa shape index (κ3) is 4.43. The average molecular weight is 295 g/mol. The second-order valence-corrected chi connectivity index (χ2v) is 6.89. The van der Waals surface area contributed by atoms with Gasteiger partial charge in [-0.2, -0.15) is 0 Å². The first-order valence-electron chi connectivity index (χ1n) is 8.26. The van der Waals surface area contributed by atoms with Gasteiger partial charge in [0.1, 0.15) is 0 Å². The fourth-order valence-corrected chi connectivity index (χ4v) is 3.57. The monoisotopic (exact) mass is 295 g/mol. The van der Waals surface area contributed by atoms with Crippen LogP contribution in [-0.4, -0.2) is 42.4 Å². The topological polar surface area (TPSA) is 75.4 Å². The SMILES string of the molecule is CC(=O)NCC1CCN(C(=O)C2CC(C)CCC2N)CC1. The summed E-state index contributed by atoms with van der Waals surface area (Å²) in [5, 5.41) is 2.87. The van der Waals surface area contributed by atoms with Gasteiger partial charge >= 0.3 is 0 Å². The number of amides is 2. The Balaban J connectivity index is 1.81. The van der Waals surface area contributed by atoms with Crippen molar-refractivity contribution in [3.63, 3.8) is 0 Å². The Kier molecular flexibility index (Phi) is 5.62. The molecular formula is C16H29N3O2. The summed E-state index contributed by atoms with van der Waals surface area (Å²) in [5.74, 6) is 1.40. The van der Waals surface area contributed by atoms with Gasteiger partial charge in [0.25, 0.3) is 0 Å². The molecule has 5 heteroatoms. The summed E-state index contributed by atoms with van der Waals surface area (Å²) >= 11 is 0. The first-order valence-corrected chi connectivity index (χ1v) is 8.26. The highest BCUT2D eigenvalue weighted by Crippen LogP contribution is 2.30. The molecule has 1 aliphatic carbocycles. The number of rotatable bonds is 3. The number of nitrogens with two attached hydrogens (primary N) is 1. The minimum atomic E-state index is 0.0145. The number of nitrogens with zero attached hydrogens (tertiary/aromatic N) is 1. The molecule has 3 atom stereocenters. The van der Waals surface area contributed by atoms with Crippen molar-refractivity contribution < 1.29 is 9.59 Å². The summed E-state index contributed by atoms with van der Waals surface area (Å²) in [6, 6.07) is 0.0332. The van der Waals surface area contributed by atoms with Gasteiger partial charge in [-0.1, -0.05) is 6.92 Å². The van der Waals surface area contributed by atoms with Crippen LogP contribution in [0, 0.1) is 17.8 Å². The second kappa shape index (κ2) is 7.25. The summed E-state index contributed by atoms with van der Waals surface area (Å²) in [6.45, 7) is 6.11. The van der Waals surface area contributed by atoms with E-state index in [9.17, 15) is 9.59 Å². The molecule has 0 radical (unpaired) electrons. The maximum Gasteiger partial charge on any atom is 0.227 e. The summed E-state index contributed by atoms with van der Waals surface area (Å²) < 4.78 is 0. The van der Waals surface area contributed by atoms with E-state index >= 15 is 0 Å². The van der Waals surface area contributed by atoms with Gasteiger partial charge in [0.15, 0.2) is 0 Å². The van der Waals surface area contributed by atoms with Crippen LogP contribution in [0.2, 0.25) is 0 Å². The smallest absolute Gasteiger partial charge is 0.227 e. The maximum absolute atomic E-state index is 12.7. The van der Waals surface area contributed by atoms with Crippen molar-refractivity contribution in [2.75, 3.05) is 19.6 Å². The minimum Gasteiger partial charge on any atom is -0.356 e. The largest absolute Gasteiger partial charge is 0.356 e. The molecule has 0 spiro atoms. The Hall–Kier alpha value is -1.10. The summed E-state index contributed by atoms with van der Waals surface area (Å²) in [5.41, 5.74) is 6.16. The highest BCUT2D eigenvalue weighted by molar-refractivity contribution is 5.79. The molecule has 2 aliphatic rings. The maximum atomic E-state index is 12.7. The van der Waals surface area contributed by atoms with Gasteiger partial charge < -0.3 is 16.0 Å². The van der Waals surface area contributed by atoms with Crippen molar-refractivity contribution in [1.29, 1.82) is 0 Å². The van der Waals surface area contributed by atoms with Crippen LogP contribution in [0.25, 0.3) is 0 Å².